The summed E-state index contributed by atoms with van der Waals surface area (Å²) in [5.74, 6) is -2.49. The Balaban J connectivity index is 1.47. The van der Waals surface area contributed by atoms with Crippen LogP contribution in [-0.2, 0) is 19.6 Å². The molecule has 2 aliphatic heterocycles. The van der Waals surface area contributed by atoms with Gasteiger partial charge >= 0.3 is 0 Å². The smallest absolute Gasteiger partial charge is 0.270 e. The van der Waals surface area contributed by atoms with E-state index in [2.05, 4.69) is 5.10 Å². The molecule has 11 heteroatoms. The van der Waals surface area contributed by atoms with Gasteiger partial charge in [-0.3, -0.25) is 9.59 Å². The van der Waals surface area contributed by atoms with Crippen molar-refractivity contribution in [2.24, 2.45) is 5.10 Å². The van der Waals surface area contributed by atoms with Gasteiger partial charge in [0.15, 0.2) is 0 Å². The first-order valence-electron chi connectivity index (χ1n) is 10.4. The van der Waals surface area contributed by atoms with Crippen LogP contribution in [0.4, 0.5) is 14.5 Å². The molecule has 0 saturated carbocycles. The van der Waals surface area contributed by atoms with E-state index in [1.54, 1.807) is 18.2 Å². The Morgan fingerprint density at radius 3 is 2.42 bits per heavy atom. The molecule has 0 N–H and O–H groups in total. The van der Waals surface area contributed by atoms with Crippen LogP contribution >= 0.6 is 0 Å². The van der Waals surface area contributed by atoms with E-state index in [1.807, 2.05) is 13.0 Å². The first kappa shape index (κ1) is 23.0. The molecule has 1 saturated heterocycles. The van der Waals surface area contributed by atoms with Crippen LogP contribution in [-0.4, -0.2) is 61.3 Å². The second kappa shape index (κ2) is 8.99. The molecule has 2 heterocycles. The number of carbonyl (C=O) groups excluding carboxylic acids is 2. The summed E-state index contributed by atoms with van der Waals surface area (Å²) in [6, 6.07) is 9.48. The van der Waals surface area contributed by atoms with E-state index in [0.29, 0.717) is 11.8 Å². The second-order valence-electron chi connectivity index (χ2n) is 7.86. The van der Waals surface area contributed by atoms with Gasteiger partial charge in [0.2, 0.25) is 15.9 Å². The summed E-state index contributed by atoms with van der Waals surface area (Å²) < 4.78 is 54.0. The Morgan fingerprint density at radius 2 is 1.73 bits per heavy atom. The van der Waals surface area contributed by atoms with Gasteiger partial charge in [-0.25, -0.2) is 22.2 Å². The summed E-state index contributed by atoms with van der Waals surface area (Å²) in [5, 5.41) is 5.49. The number of benzene rings is 2. The molecule has 0 aromatic heterocycles. The van der Waals surface area contributed by atoms with Crippen molar-refractivity contribution in [3.8, 4) is 0 Å². The maximum atomic E-state index is 14.0. The summed E-state index contributed by atoms with van der Waals surface area (Å²) in [5.41, 5.74) is 1.72. The molecule has 2 aromatic rings. The fourth-order valence-corrected chi connectivity index (χ4v) is 5.30. The van der Waals surface area contributed by atoms with Crippen molar-refractivity contribution >= 4 is 33.2 Å². The van der Waals surface area contributed by atoms with Crippen molar-refractivity contribution < 1.29 is 26.8 Å². The maximum Gasteiger partial charge on any atom is 0.270 e. The van der Waals surface area contributed by atoms with Gasteiger partial charge < -0.3 is 4.90 Å². The molecular weight excluding hydrogens is 454 g/mol. The van der Waals surface area contributed by atoms with Gasteiger partial charge in [-0.15, -0.1) is 0 Å². The van der Waals surface area contributed by atoms with Gasteiger partial charge in [0.05, 0.1) is 5.69 Å². The van der Waals surface area contributed by atoms with Crippen molar-refractivity contribution in [3.05, 3.63) is 59.7 Å². The number of anilines is 1. The van der Waals surface area contributed by atoms with E-state index in [1.165, 1.54) is 9.91 Å². The van der Waals surface area contributed by atoms with Crippen molar-refractivity contribution in [2.75, 3.05) is 31.2 Å². The zero-order chi connectivity index (χ0) is 23.8. The number of hydrogen-bond donors (Lipinski definition) is 0. The van der Waals surface area contributed by atoms with E-state index in [9.17, 15) is 26.8 Å². The zero-order valence-corrected chi connectivity index (χ0v) is 18.7. The van der Waals surface area contributed by atoms with E-state index in [4.69, 9.17) is 0 Å². The summed E-state index contributed by atoms with van der Waals surface area (Å²) in [7, 11) is -4.25. The molecule has 1 fully saturated rings. The lowest BCUT2D eigenvalue weighted by atomic mass is 10.1. The Labute approximate surface area is 190 Å². The van der Waals surface area contributed by atoms with Gasteiger partial charge in [0.25, 0.3) is 5.91 Å². The Hall–Kier alpha value is -3.18. The van der Waals surface area contributed by atoms with Crippen molar-refractivity contribution in [1.29, 1.82) is 0 Å². The molecule has 174 valence electrons. The molecule has 0 unspecified atom stereocenters. The molecule has 2 aromatic carbocycles. The number of sulfonamides is 1. The fourth-order valence-electron chi connectivity index (χ4n) is 3.80. The summed E-state index contributed by atoms with van der Waals surface area (Å²) in [6.45, 7) is 1.87. The number of carbonyl (C=O) groups is 2. The number of rotatable bonds is 4. The quantitative estimate of drug-likeness (QED) is 0.677. The van der Waals surface area contributed by atoms with E-state index >= 15 is 0 Å². The molecule has 0 radical (unpaired) electrons. The van der Waals surface area contributed by atoms with Crippen LogP contribution < -0.4 is 5.01 Å². The second-order valence-corrected chi connectivity index (χ2v) is 9.77. The Bertz CT molecular complexity index is 1240. The average Bonchev–Trinajstić information content (AvgIpc) is 2.80. The minimum absolute atomic E-state index is 0.0619. The molecule has 0 bridgehead atoms. The van der Waals surface area contributed by atoms with Crippen LogP contribution in [0.15, 0.2) is 52.5 Å². The minimum atomic E-state index is -4.25. The predicted molar refractivity (Wildman–Crippen MR) is 117 cm³/mol. The fraction of sp³-hybridized carbons (Fsp3) is 0.318. The first-order chi connectivity index (χ1) is 15.7. The molecule has 0 atom stereocenters. The summed E-state index contributed by atoms with van der Waals surface area (Å²) >= 11 is 0. The lowest BCUT2D eigenvalue weighted by Gasteiger charge is -2.35. The zero-order valence-electron chi connectivity index (χ0n) is 17.9. The third kappa shape index (κ3) is 4.64. The van der Waals surface area contributed by atoms with Gasteiger partial charge in [0.1, 0.15) is 22.2 Å². The molecular formula is C22H22F2N4O4S. The van der Waals surface area contributed by atoms with E-state index in [-0.39, 0.29) is 56.5 Å². The van der Waals surface area contributed by atoms with Gasteiger partial charge in [-0.05, 0) is 42.8 Å². The molecule has 0 aliphatic carbocycles. The van der Waals surface area contributed by atoms with Crippen molar-refractivity contribution in [3.63, 3.8) is 0 Å². The SMILES string of the molecule is Cc1cccc(N2N=C(C(=O)N3CCN(S(=O)(=O)c4cc(F)ccc4F)CC3)CCC2=O)c1. The van der Waals surface area contributed by atoms with E-state index < -0.39 is 26.6 Å². The van der Waals surface area contributed by atoms with Gasteiger partial charge in [-0.1, -0.05) is 12.1 Å². The number of hydrazone groups is 1. The standard InChI is InChI=1S/C22H22F2N4O4S/c1-15-3-2-4-17(13-15)28-21(29)8-7-19(25-28)22(30)26-9-11-27(12-10-26)33(31,32)20-14-16(23)5-6-18(20)24/h2-6,13-14H,7-12H2,1H3. The van der Waals surface area contributed by atoms with E-state index in [0.717, 1.165) is 22.0 Å². The van der Waals surface area contributed by atoms with Gasteiger partial charge in [0, 0.05) is 39.0 Å². The Kier molecular flexibility index (Phi) is 6.26. The number of hydrogen-bond acceptors (Lipinski definition) is 5. The number of nitrogens with zero attached hydrogens (tertiary/aromatic N) is 4. The third-order valence-corrected chi connectivity index (χ3v) is 7.48. The van der Waals surface area contributed by atoms with Crippen LogP contribution in [0.1, 0.15) is 18.4 Å². The van der Waals surface area contributed by atoms with Crippen LogP contribution in [0.3, 0.4) is 0 Å². The van der Waals surface area contributed by atoms with Crippen molar-refractivity contribution in [1.82, 2.24) is 9.21 Å². The summed E-state index contributed by atoms with van der Waals surface area (Å²) in [6.07, 6.45) is 0.318. The topological polar surface area (TPSA) is 90.4 Å². The highest BCUT2D eigenvalue weighted by Gasteiger charge is 2.34. The van der Waals surface area contributed by atoms with Crippen LogP contribution in [0.25, 0.3) is 0 Å². The number of aryl methyl sites for hydroxylation is 1. The first-order valence-corrected chi connectivity index (χ1v) is 11.8. The highest BCUT2D eigenvalue weighted by molar-refractivity contribution is 7.89. The van der Waals surface area contributed by atoms with Crippen LogP contribution in [0, 0.1) is 18.6 Å². The average molecular weight is 477 g/mol. The highest BCUT2D eigenvalue weighted by Crippen LogP contribution is 2.24. The third-order valence-electron chi connectivity index (χ3n) is 5.56. The summed E-state index contributed by atoms with van der Waals surface area (Å²) in [4.78, 5) is 26.1. The Morgan fingerprint density at radius 1 is 1.00 bits per heavy atom. The molecule has 2 amide bonds. The maximum absolute atomic E-state index is 14.0. The lowest BCUT2D eigenvalue weighted by molar-refractivity contribution is -0.125. The molecule has 33 heavy (non-hydrogen) atoms. The molecule has 0 spiro atoms. The molecule has 4 rings (SSSR count). The minimum Gasteiger partial charge on any atom is -0.335 e. The molecule has 8 nitrogen and oxygen atoms in total. The van der Waals surface area contributed by atoms with Crippen LogP contribution in [0.5, 0.6) is 0 Å². The monoisotopic (exact) mass is 476 g/mol. The van der Waals surface area contributed by atoms with Gasteiger partial charge in [-0.2, -0.15) is 9.41 Å². The lowest BCUT2D eigenvalue weighted by Crippen LogP contribution is -2.52. The molecule has 2 aliphatic rings. The normalized spacial score (nSPS) is 17.8. The number of piperazine rings is 1. The van der Waals surface area contributed by atoms with Crippen LogP contribution in [0.2, 0.25) is 0 Å². The largest absolute Gasteiger partial charge is 0.335 e. The van der Waals surface area contributed by atoms with Crippen molar-refractivity contribution in [2.45, 2.75) is 24.7 Å². The predicted octanol–water partition coefficient (Wildman–Crippen LogP) is 2.29. The number of amides is 2. The number of halogens is 2. The highest BCUT2D eigenvalue weighted by atomic mass is 32.2.